The maximum Gasteiger partial charge on any atom is 0.338 e. The molecule has 0 saturated carbocycles. The van der Waals surface area contributed by atoms with E-state index in [-0.39, 0.29) is 73.5 Å². The number of hydrogen-bond donors (Lipinski definition) is 0. The van der Waals surface area contributed by atoms with Gasteiger partial charge >= 0.3 is 35.8 Å². The van der Waals surface area contributed by atoms with Gasteiger partial charge in [-0.25, -0.2) is 28.8 Å². The van der Waals surface area contributed by atoms with Crippen LogP contribution in [0.15, 0.2) is 146 Å². The van der Waals surface area contributed by atoms with Crippen molar-refractivity contribution in [1.82, 2.24) is 0 Å². The molecule has 0 aromatic heterocycles. The van der Waals surface area contributed by atoms with Crippen LogP contribution in [-0.4, -0.2) is 35.8 Å². The first kappa shape index (κ1) is 48.5. The Balaban J connectivity index is 1.85. The summed E-state index contributed by atoms with van der Waals surface area (Å²) in [6.45, 7) is 31.4. The molecule has 4 aromatic carbocycles. The second kappa shape index (κ2) is 21.6. The van der Waals surface area contributed by atoms with Crippen molar-refractivity contribution in [2.24, 2.45) is 0 Å². The van der Waals surface area contributed by atoms with Crippen molar-refractivity contribution in [2.75, 3.05) is 0 Å². The van der Waals surface area contributed by atoms with Gasteiger partial charge in [0.1, 0.15) is 11.5 Å². The molecule has 4 aromatic rings. The molecule has 12 nitrogen and oxygen atoms in total. The summed E-state index contributed by atoms with van der Waals surface area (Å²) in [5.41, 5.74) is 3.75. The average molecular weight is 865 g/mol. The molecule has 0 saturated heterocycles. The lowest BCUT2D eigenvalue weighted by molar-refractivity contribution is -0.132. The van der Waals surface area contributed by atoms with E-state index in [0.717, 1.165) is 5.56 Å². The lowest BCUT2D eigenvalue weighted by atomic mass is 9.99. The highest BCUT2D eigenvalue weighted by Gasteiger charge is 2.23. The summed E-state index contributed by atoms with van der Waals surface area (Å²) < 4.78 is 33.7. The molecule has 0 radical (unpaired) electrons. The van der Waals surface area contributed by atoms with E-state index < -0.39 is 35.8 Å². The van der Waals surface area contributed by atoms with Crippen LogP contribution in [0.4, 0.5) is 0 Å². The minimum absolute atomic E-state index is 0.00521. The summed E-state index contributed by atoms with van der Waals surface area (Å²) in [6, 6.07) is 19.3. The van der Waals surface area contributed by atoms with Crippen LogP contribution in [0.1, 0.15) is 65.5 Å². The van der Waals surface area contributed by atoms with E-state index >= 15 is 0 Å². The van der Waals surface area contributed by atoms with E-state index in [1.165, 1.54) is 64.1 Å². The molecular weight excluding hydrogens is 817 g/mol. The SMILES string of the molecule is C=C(C)C(=O)Oc1ccc(-c2ccc(/C=C/c3cc(OC(=O)C(=C)CC)c(-c4ccc(OC(=O)C(=C)C)c(OC(=O)C(=C)C)c4)cc3OC(=O)C(=C)CC)cc2)cc1OC(=O)C(=C)C. The van der Waals surface area contributed by atoms with Crippen molar-refractivity contribution in [1.29, 1.82) is 0 Å². The number of hydrogen-bond acceptors (Lipinski definition) is 12. The van der Waals surface area contributed by atoms with Gasteiger partial charge < -0.3 is 28.4 Å². The van der Waals surface area contributed by atoms with Gasteiger partial charge in [0.25, 0.3) is 0 Å². The number of carbonyl (C=O) groups excluding carboxylic acids is 6. The van der Waals surface area contributed by atoms with Crippen LogP contribution < -0.4 is 28.4 Å². The second-order valence-corrected chi connectivity index (χ2v) is 14.5. The van der Waals surface area contributed by atoms with Crippen LogP contribution in [0.25, 0.3) is 34.4 Å². The maximum atomic E-state index is 13.2. The summed E-state index contributed by atoms with van der Waals surface area (Å²) in [4.78, 5) is 76.4. The van der Waals surface area contributed by atoms with Crippen LogP contribution in [0.2, 0.25) is 0 Å². The first-order valence-corrected chi connectivity index (χ1v) is 19.8. The molecular formula is C52H48O12. The van der Waals surface area contributed by atoms with Gasteiger partial charge in [0.15, 0.2) is 23.0 Å². The van der Waals surface area contributed by atoms with Crippen LogP contribution in [0.5, 0.6) is 34.5 Å². The largest absolute Gasteiger partial charge is 0.423 e. The maximum absolute atomic E-state index is 13.2. The second-order valence-electron chi connectivity index (χ2n) is 14.5. The smallest absolute Gasteiger partial charge is 0.338 e. The minimum Gasteiger partial charge on any atom is -0.423 e. The highest BCUT2D eigenvalue weighted by molar-refractivity contribution is 5.95. The Kier molecular flexibility index (Phi) is 16.4. The van der Waals surface area contributed by atoms with Crippen molar-refractivity contribution >= 4 is 48.0 Å². The molecule has 328 valence electrons. The summed E-state index contributed by atoms with van der Waals surface area (Å²) in [6.07, 6.45) is 3.99. The molecule has 64 heavy (non-hydrogen) atoms. The summed E-state index contributed by atoms with van der Waals surface area (Å²) in [5.74, 6) is -4.55. The fraction of sp³-hybridized carbons (Fsp3) is 0.154. The van der Waals surface area contributed by atoms with Gasteiger partial charge in [-0.1, -0.05) is 102 Å². The number of benzene rings is 4. The Morgan fingerprint density at radius 2 is 0.781 bits per heavy atom. The van der Waals surface area contributed by atoms with E-state index in [1.807, 2.05) is 24.3 Å². The Hall–Kier alpha value is -8.12. The molecule has 0 heterocycles. The third-order valence-electron chi connectivity index (χ3n) is 9.05. The van der Waals surface area contributed by atoms with Crippen molar-refractivity contribution in [2.45, 2.75) is 54.4 Å². The topological polar surface area (TPSA) is 158 Å². The minimum atomic E-state index is -0.801. The Morgan fingerprint density at radius 3 is 1.22 bits per heavy atom. The predicted octanol–water partition coefficient (Wildman–Crippen LogP) is 10.9. The lowest BCUT2D eigenvalue weighted by Gasteiger charge is -2.17. The highest BCUT2D eigenvalue weighted by Crippen LogP contribution is 2.42. The number of esters is 6. The molecule has 4 rings (SSSR count). The van der Waals surface area contributed by atoms with Gasteiger partial charge in [0, 0.05) is 44.6 Å². The Morgan fingerprint density at radius 1 is 0.406 bits per heavy atom. The summed E-state index contributed by atoms with van der Waals surface area (Å²) in [5, 5.41) is 0. The molecule has 12 heteroatoms. The van der Waals surface area contributed by atoms with E-state index in [0.29, 0.717) is 35.1 Å². The zero-order valence-corrected chi connectivity index (χ0v) is 36.6. The average Bonchev–Trinajstić information content (AvgIpc) is 3.26. The third-order valence-corrected chi connectivity index (χ3v) is 9.05. The molecule has 0 amide bonds. The quantitative estimate of drug-likeness (QED) is 0.0404. The molecule has 0 aliphatic carbocycles. The molecule has 0 spiro atoms. The van der Waals surface area contributed by atoms with Crippen LogP contribution in [0, 0.1) is 0 Å². The standard InChI is InChI=1S/C52H48O12/c1-13-33(11)51(57)61-43-28-40(38-22-24-42(60-48(54)30(5)6)46(26-38)64-50(56)32(9)10)44(62-52(58)34(12)14-2)27-39(43)20-17-35-15-18-36(19-16-35)37-21-23-41(59-47(53)29(3)4)45(25-37)63-49(55)31(7)8/h15-28H,3,5,7,9,11-14H2,1-2,4,6,8,10H3/b20-17+. The van der Waals surface area contributed by atoms with E-state index in [4.69, 9.17) is 28.4 Å². The summed E-state index contributed by atoms with van der Waals surface area (Å²) >= 11 is 0. The van der Waals surface area contributed by atoms with Crippen LogP contribution in [0.3, 0.4) is 0 Å². The molecule has 0 unspecified atom stereocenters. The number of carbonyl (C=O) groups is 6. The molecule has 0 bridgehead atoms. The Labute approximate surface area is 372 Å². The number of rotatable bonds is 18. The van der Waals surface area contributed by atoms with E-state index in [2.05, 4.69) is 39.5 Å². The monoisotopic (exact) mass is 864 g/mol. The fourth-order valence-electron chi connectivity index (χ4n) is 5.15. The molecule has 0 aliphatic heterocycles. The molecule has 0 aliphatic rings. The first-order chi connectivity index (χ1) is 30.2. The van der Waals surface area contributed by atoms with Gasteiger partial charge in [-0.3, -0.25) is 0 Å². The molecule has 0 N–H and O–H groups in total. The highest BCUT2D eigenvalue weighted by atomic mass is 16.6. The predicted molar refractivity (Wildman–Crippen MR) is 245 cm³/mol. The first-order valence-electron chi connectivity index (χ1n) is 19.8. The zero-order chi connectivity index (χ0) is 47.4. The van der Waals surface area contributed by atoms with Gasteiger partial charge in [0.2, 0.25) is 0 Å². The Bertz CT molecular complexity index is 2670. The van der Waals surface area contributed by atoms with Crippen LogP contribution >= 0.6 is 0 Å². The van der Waals surface area contributed by atoms with Crippen molar-refractivity contribution in [3.63, 3.8) is 0 Å². The van der Waals surface area contributed by atoms with E-state index in [9.17, 15) is 28.8 Å². The number of ether oxygens (including phenoxy) is 6. The fourth-order valence-corrected chi connectivity index (χ4v) is 5.15. The van der Waals surface area contributed by atoms with Crippen molar-refractivity contribution < 1.29 is 57.2 Å². The van der Waals surface area contributed by atoms with Gasteiger partial charge in [0.05, 0.1) is 0 Å². The lowest BCUT2D eigenvalue weighted by Crippen LogP contribution is -2.13. The van der Waals surface area contributed by atoms with Gasteiger partial charge in [-0.15, -0.1) is 0 Å². The van der Waals surface area contributed by atoms with Gasteiger partial charge in [-0.05, 0) is 99.2 Å². The zero-order valence-electron chi connectivity index (χ0n) is 36.6. The molecule has 0 atom stereocenters. The van der Waals surface area contributed by atoms with Crippen molar-refractivity contribution in [3.8, 4) is 56.8 Å². The third kappa shape index (κ3) is 12.7. The molecule has 0 fully saturated rings. The van der Waals surface area contributed by atoms with Gasteiger partial charge in [-0.2, -0.15) is 0 Å². The van der Waals surface area contributed by atoms with Crippen LogP contribution in [-0.2, 0) is 28.8 Å². The van der Waals surface area contributed by atoms with Crippen molar-refractivity contribution in [3.05, 3.63) is 157 Å². The van der Waals surface area contributed by atoms with E-state index in [1.54, 1.807) is 38.1 Å². The normalized spacial score (nSPS) is 10.5. The summed E-state index contributed by atoms with van der Waals surface area (Å²) in [7, 11) is 0.